The highest BCUT2D eigenvalue weighted by Crippen LogP contribution is 2.39. The van der Waals surface area contributed by atoms with Gasteiger partial charge in [0.1, 0.15) is 0 Å². The van der Waals surface area contributed by atoms with Crippen molar-refractivity contribution >= 4 is 17.0 Å². The third-order valence-corrected chi connectivity index (χ3v) is 5.45. The Kier molecular flexibility index (Phi) is 2.97. The minimum Gasteiger partial charge on any atom is -0.296 e. The fourth-order valence-corrected chi connectivity index (χ4v) is 3.96. The largest absolute Gasteiger partial charge is 0.296 e. The summed E-state index contributed by atoms with van der Waals surface area (Å²) in [4.78, 5) is 18.2. The van der Waals surface area contributed by atoms with Crippen molar-refractivity contribution in [2.24, 2.45) is 0 Å². The van der Waals surface area contributed by atoms with E-state index in [1.54, 1.807) is 17.4 Å². The molecule has 118 valence electrons. The van der Waals surface area contributed by atoms with Gasteiger partial charge in [-0.2, -0.15) is 0 Å². The Bertz CT molecular complexity index is 1090. The SMILES string of the molecule is O=c1cc(C2CC2)nc2c(-c3cc(-c4ccccc4)cs3)c[nH]n12. The van der Waals surface area contributed by atoms with E-state index in [1.807, 2.05) is 24.4 Å². The molecule has 3 aromatic heterocycles. The molecule has 0 unspecified atom stereocenters. The lowest BCUT2D eigenvalue weighted by molar-refractivity contribution is 0.873. The van der Waals surface area contributed by atoms with Crippen LogP contribution in [0.4, 0.5) is 0 Å². The summed E-state index contributed by atoms with van der Waals surface area (Å²) in [7, 11) is 0. The van der Waals surface area contributed by atoms with Gasteiger partial charge in [0.2, 0.25) is 0 Å². The lowest BCUT2D eigenvalue weighted by Gasteiger charge is -2.00. The maximum absolute atomic E-state index is 12.3. The predicted molar refractivity (Wildman–Crippen MR) is 96.5 cm³/mol. The van der Waals surface area contributed by atoms with Crippen LogP contribution < -0.4 is 5.56 Å². The Morgan fingerprint density at radius 2 is 1.96 bits per heavy atom. The standard InChI is InChI=1S/C19H15N3OS/c23-18-9-16(13-6-7-13)21-19-15(10-20-22(18)19)17-8-14(11-24-17)12-4-2-1-3-5-12/h1-5,8-11,13,20H,6-7H2. The molecule has 3 heterocycles. The molecule has 4 aromatic rings. The lowest BCUT2D eigenvalue weighted by Crippen LogP contribution is -2.15. The molecular formula is C19H15N3OS. The van der Waals surface area contributed by atoms with Crippen LogP contribution in [-0.2, 0) is 0 Å². The highest BCUT2D eigenvalue weighted by molar-refractivity contribution is 7.14. The number of hydrogen-bond acceptors (Lipinski definition) is 3. The number of aromatic amines is 1. The first-order valence-corrected chi connectivity index (χ1v) is 8.93. The average molecular weight is 333 g/mol. The number of nitrogens with zero attached hydrogens (tertiary/aromatic N) is 2. The molecule has 1 fully saturated rings. The van der Waals surface area contributed by atoms with Crippen LogP contribution in [0.5, 0.6) is 0 Å². The van der Waals surface area contributed by atoms with Gasteiger partial charge in [0.05, 0.1) is 11.3 Å². The smallest absolute Gasteiger partial charge is 0.272 e. The summed E-state index contributed by atoms with van der Waals surface area (Å²) in [5, 5.41) is 5.19. The van der Waals surface area contributed by atoms with E-state index in [-0.39, 0.29) is 5.56 Å². The van der Waals surface area contributed by atoms with Crippen molar-refractivity contribution in [1.29, 1.82) is 0 Å². The number of benzene rings is 1. The number of hydrogen-bond donors (Lipinski definition) is 1. The van der Waals surface area contributed by atoms with E-state index in [4.69, 9.17) is 4.98 Å². The van der Waals surface area contributed by atoms with Crippen LogP contribution in [0.1, 0.15) is 24.5 Å². The summed E-state index contributed by atoms with van der Waals surface area (Å²) < 4.78 is 1.53. The first-order valence-electron chi connectivity index (χ1n) is 8.05. The summed E-state index contributed by atoms with van der Waals surface area (Å²) in [6.45, 7) is 0. The second-order valence-corrected chi connectivity index (χ2v) is 7.12. The Balaban J connectivity index is 1.64. The summed E-state index contributed by atoms with van der Waals surface area (Å²) >= 11 is 1.68. The Hall–Kier alpha value is -2.66. The lowest BCUT2D eigenvalue weighted by atomic mass is 10.1. The van der Waals surface area contributed by atoms with Gasteiger partial charge in [0.25, 0.3) is 5.56 Å². The van der Waals surface area contributed by atoms with Crippen molar-refractivity contribution in [2.75, 3.05) is 0 Å². The van der Waals surface area contributed by atoms with Crippen molar-refractivity contribution in [3.05, 3.63) is 70.1 Å². The van der Waals surface area contributed by atoms with Gasteiger partial charge >= 0.3 is 0 Å². The van der Waals surface area contributed by atoms with Crippen molar-refractivity contribution < 1.29 is 0 Å². The van der Waals surface area contributed by atoms with Crippen molar-refractivity contribution in [3.8, 4) is 21.6 Å². The minimum atomic E-state index is -0.0343. The minimum absolute atomic E-state index is 0.0343. The second kappa shape index (κ2) is 5.18. The van der Waals surface area contributed by atoms with Crippen molar-refractivity contribution in [1.82, 2.24) is 14.6 Å². The molecular weight excluding hydrogens is 318 g/mol. The molecule has 5 heteroatoms. The number of fused-ring (bicyclic) bond motifs is 1. The van der Waals surface area contributed by atoms with Crippen LogP contribution in [0.2, 0.25) is 0 Å². The highest BCUT2D eigenvalue weighted by Gasteiger charge is 2.26. The molecule has 24 heavy (non-hydrogen) atoms. The van der Waals surface area contributed by atoms with Gasteiger partial charge in [0, 0.05) is 23.1 Å². The highest BCUT2D eigenvalue weighted by atomic mass is 32.1. The summed E-state index contributed by atoms with van der Waals surface area (Å²) in [5.41, 5.74) is 5.00. The second-order valence-electron chi connectivity index (χ2n) is 6.21. The van der Waals surface area contributed by atoms with Gasteiger partial charge in [-0.15, -0.1) is 11.3 Å². The van der Waals surface area contributed by atoms with E-state index in [0.29, 0.717) is 5.92 Å². The molecule has 5 rings (SSSR count). The van der Waals surface area contributed by atoms with Crippen LogP contribution in [-0.4, -0.2) is 14.6 Å². The van der Waals surface area contributed by atoms with E-state index in [2.05, 4.69) is 28.7 Å². The molecule has 1 aliphatic rings. The van der Waals surface area contributed by atoms with E-state index in [0.717, 1.165) is 34.6 Å². The third-order valence-electron chi connectivity index (χ3n) is 4.49. The Labute approximate surface area is 142 Å². The maximum Gasteiger partial charge on any atom is 0.272 e. The first-order chi connectivity index (χ1) is 11.8. The monoisotopic (exact) mass is 333 g/mol. The van der Waals surface area contributed by atoms with E-state index < -0.39 is 0 Å². The van der Waals surface area contributed by atoms with Crippen LogP contribution in [0, 0.1) is 0 Å². The molecule has 0 bridgehead atoms. The summed E-state index contributed by atoms with van der Waals surface area (Å²) in [6, 6.07) is 14.1. The van der Waals surface area contributed by atoms with E-state index in [9.17, 15) is 4.79 Å². The quantitative estimate of drug-likeness (QED) is 0.608. The van der Waals surface area contributed by atoms with Crippen LogP contribution in [0.25, 0.3) is 27.2 Å². The molecule has 1 aromatic carbocycles. The number of aromatic nitrogens is 3. The molecule has 0 amide bonds. The van der Waals surface area contributed by atoms with Gasteiger partial charge < -0.3 is 0 Å². The molecule has 0 radical (unpaired) electrons. The molecule has 4 nitrogen and oxygen atoms in total. The Morgan fingerprint density at radius 3 is 2.75 bits per heavy atom. The topological polar surface area (TPSA) is 50.2 Å². The molecule has 0 saturated heterocycles. The van der Waals surface area contributed by atoms with Crippen LogP contribution in [0.15, 0.2) is 58.8 Å². The van der Waals surface area contributed by atoms with Crippen LogP contribution in [0.3, 0.4) is 0 Å². The summed E-state index contributed by atoms with van der Waals surface area (Å²) in [6.07, 6.45) is 4.15. The van der Waals surface area contributed by atoms with E-state index >= 15 is 0 Å². The van der Waals surface area contributed by atoms with Crippen molar-refractivity contribution in [2.45, 2.75) is 18.8 Å². The van der Waals surface area contributed by atoms with Gasteiger partial charge in [0.15, 0.2) is 5.65 Å². The predicted octanol–water partition coefficient (Wildman–Crippen LogP) is 4.30. The van der Waals surface area contributed by atoms with Gasteiger partial charge in [-0.25, -0.2) is 9.50 Å². The Morgan fingerprint density at radius 1 is 1.12 bits per heavy atom. The van der Waals surface area contributed by atoms with Gasteiger partial charge in [-0.1, -0.05) is 30.3 Å². The third kappa shape index (κ3) is 2.20. The van der Waals surface area contributed by atoms with Gasteiger partial charge in [-0.3, -0.25) is 9.89 Å². The molecule has 1 N–H and O–H groups in total. The molecule has 0 atom stereocenters. The molecule has 1 aliphatic carbocycles. The van der Waals surface area contributed by atoms with Gasteiger partial charge in [-0.05, 0) is 35.4 Å². The number of H-pyrrole nitrogens is 1. The number of rotatable bonds is 3. The summed E-state index contributed by atoms with van der Waals surface area (Å²) in [5.74, 6) is 0.466. The fraction of sp³-hybridized carbons (Fsp3) is 0.158. The number of nitrogens with one attached hydrogen (secondary N) is 1. The van der Waals surface area contributed by atoms with Crippen LogP contribution >= 0.6 is 11.3 Å². The first kappa shape index (κ1) is 13.7. The average Bonchev–Trinajstić information content (AvgIpc) is 3.19. The molecule has 1 saturated carbocycles. The zero-order valence-electron chi connectivity index (χ0n) is 12.9. The van der Waals surface area contributed by atoms with Crippen molar-refractivity contribution in [3.63, 3.8) is 0 Å². The normalized spacial score (nSPS) is 14.3. The zero-order chi connectivity index (χ0) is 16.1. The zero-order valence-corrected chi connectivity index (χ0v) is 13.7. The molecule has 0 aliphatic heterocycles. The molecule has 0 spiro atoms. The maximum atomic E-state index is 12.3. The number of thiophene rings is 1. The fourth-order valence-electron chi connectivity index (χ4n) is 3.03. The van der Waals surface area contributed by atoms with E-state index in [1.165, 1.54) is 15.6 Å².